The van der Waals surface area contributed by atoms with Crippen LogP contribution in [0.25, 0.3) is 0 Å². The van der Waals surface area contributed by atoms with E-state index < -0.39 is 5.60 Å². The molecular weight excluding hydrogens is 324 g/mol. The van der Waals surface area contributed by atoms with Crippen LogP contribution < -0.4 is 0 Å². The topological polar surface area (TPSA) is 62.7 Å². The van der Waals surface area contributed by atoms with E-state index in [0.717, 1.165) is 16.1 Å². The molecule has 0 spiro atoms. The lowest BCUT2D eigenvalue weighted by Gasteiger charge is -2.39. The summed E-state index contributed by atoms with van der Waals surface area (Å²) in [4.78, 5) is 18.7. The number of carbonyl (C=O) groups is 1. The van der Waals surface area contributed by atoms with Crippen molar-refractivity contribution in [3.05, 3.63) is 51.5 Å². The van der Waals surface area contributed by atoms with Gasteiger partial charge in [0, 0.05) is 25.6 Å². The van der Waals surface area contributed by atoms with Gasteiger partial charge in [-0.05, 0) is 30.9 Å². The lowest BCUT2D eigenvalue weighted by molar-refractivity contribution is -0.0216. The minimum absolute atomic E-state index is 0.0690. The molecule has 5 nitrogen and oxygen atoms in total. The van der Waals surface area contributed by atoms with Crippen molar-refractivity contribution in [1.29, 1.82) is 0 Å². The number of ether oxygens (including phenoxy) is 1. The van der Waals surface area contributed by atoms with Gasteiger partial charge >= 0.3 is 0 Å². The van der Waals surface area contributed by atoms with E-state index in [1.54, 1.807) is 17.4 Å². The van der Waals surface area contributed by atoms with E-state index in [2.05, 4.69) is 4.98 Å². The van der Waals surface area contributed by atoms with Gasteiger partial charge in [-0.15, -0.1) is 11.3 Å². The number of carbonyl (C=O) groups excluding carboxylic acids is 1. The molecule has 24 heavy (non-hydrogen) atoms. The maximum atomic E-state index is 12.6. The van der Waals surface area contributed by atoms with Gasteiger partial charge in [-0.25, -0.2) is 4.98 Å². The molecule has 1 aromatic carbocycles. The molecule has 1 aliphatic heterocycles. The van der Waals surface area contributed by atoms with Gasteiger partial charge in [-0.3, -0.25) is 4.79 Å². The molecule has 1 aromatic heterocycles. The molecule has 1 N–H and O–H groups in total. The van der Waals surface area contributed by atoms with Crippen LogP contribution >= 0.6 is 11.3 Å². The summed E-state index contributed by atoms with van der Waals surface area (Å²) in [7, 11) is 1.61. The fourth-order valence-corrected chi connectivity index (χ4v) is 3.94. The maximum absolute atomic E-state index is 12.6. The number of thiazole rings is 1. The van der Waals surface area contributed by atoms with Gasteiger partial charge in [0.2, 0.25) is 0 Å². The van der Waals surface area contributed by atoms with E-state index in [9.17, 15) is 9.90 Å². The zero-order chi connectivity index (χ0) is 17.2. The molecule has 2 heterocycles. The molecule has 128 valence electrons. The van der Waals surface area contributed by atoms with Crippen LogP contribution in [0.5, 0.6) is 0 Å². The Bertz CT molecular complexity index is 721. The summed E-state index contributed by atoms with van der Waals surface area (Å²) in [6.45, 7) is 3.49. The second kappa shape index (κ2) is 7.01. The van der Waals surface area contributed by atoms with Crippen LogP contribution in [0.3, 0.4) is 0 Å². The maximum Gasteiger partial charge on any atom is 0.273 e. The standard InChI is InChI=1S/C18H22N2O3S/c1-13-5-3-4-6-14(13)18(22)7-9-20(10-8-18)17(21)15-12-24-16(19-15)11-23-2/h3-6,12,22H,7-11H2,1-2H3. The number of likely N-dealkylation sites (tertiary alicyclic amines) is 1. The van der Waals surface area contributed by atoms with Crippen molar-refractivity contribution >= 4 is 17.2 Å². The van der Waals surface area contributed by atoms with Gasteiger partial charge in [0.05, 0.1) is 12.2 Å². The molecule has 0 atom stereocenters. The Morgan fingerprint density at radius 2 is 2.08 bits per heavy atom. The van der Waals surface area contributed by atoms with E-state index in [4.69, 9.17) is 4.74 Å². The van der Waals surface area contributed by atoms with Crippen LogP contribution in [0.1, 0.15) is 39.5 Å². The number of hydrogen-bond acceptors (Lipinski definition) is 5. The smallest absolute Gasteiger partial charge is 0.273 e. The molecular formula is C18H22N2O3S. The van der Waals surface area contributed by atoms with Gasteiger partial charge < -0.3 is 14.7 Å². The number of hydrogen-bond donors (Lipinski definition) is 1. The first-order chi connectivity index (χ1) is 11.5. The van der Waals surface area contributed by atoms with E-state index in [0.29, 0.717) is 38.2 Å². The third-order valence-corrected chi connectivity index (χ3v) is 5.39. The van der Waals surface area contributed by atoms with Crippen LogP contribution in [-0.2, 0) is 16.9 Å². The quantitative estimate of drug-likeness (QED) is 0.925. The number of aryl methyl sites for hydroxylation is 1. The minimum atomic E-state index is -0.856. The SMILES string of the molecule is COCc1nc(C(=O)N2CCC(O)(c3ccccc3C)CC2)cs1. The molecule has 6 heteroatoms. The van der Waals surface area contributed by atoms with Crippen molar-refractivity contribution in [2.45, 2.75) is 32.0 Å². The van der Waals surface area contributed by atoms with Gasteiger partial charge in [-0.1, -0.05) is 24.3 Å². The summed E-state index contributed by atoms with van der Waals surface area (Å²) < 4.78 is 5.04. The Balaban J connectivity index is 1.68. The van der Waals surface area contributed by atoms with E-state index in [1.807, 2.05) is 31.2 Å². The molecule has 0 saturated carbocycles. The number of amides is 1. The largest absolute Gasteiger partial charge is 0.385 e. The summed E-state index contributed by atoms with van der Waals surface area (Å²) in [5.74, 6) is -0.0690. The van der Waals surface area contributed by atoms with Crippen LogP contribution in [0.2, 0.25) is 0 Å². The first-order valence-electron chi connectivity index (χ1n) is 8.04. The van der Waals surface area contributed by atoms with Crippen LogP contribution in [-0.4, -0.2) is 41.1 Å². The van der Waals surface area contributed by atoms with Gasteiger partial charge in [0.25, 0.3) is 5.91 Å². The average molecular weight is 346 g/mol. The highest BCUT2D eigenvalue weighted by Gasteiger charge is 2.36. The lowest BCUT2D eigenvalue weighted by atomic mass is 9.82. The monoisotopic (exact) mass is 346 g/mol. The molecule has 0 aliphatic carbocycles. The summed E-state index contributed by atoms with van der Waals surface area (Å²) in [5.41, 5.74) is 1.66. The van der Waals surface area contributed by atoms with Gasteiger partial charge in [-0.2, -0.15) is 0 Å². The lowest BCUT2D eigenvalue weighted by Crippen LogP contribution is -2.45. The van der Waals surface area contributed by atoms with E-state index in [1.165, 1.54) is 11.3 Å². The summed E-state index contributed by atoms with van der Waals surface area (Å²) in [5, 5.41) is 13.6. The second-order valence-electron chi connectivity index (χ2n) is 6.20. The molecule has 3 rings (SSSR count). The number of benzene rings is 1. The zero-order valence-corrected chi connectivity index (χ0v) is 14.8. The van der Waals surface area contributed by atoms with Crippen molar-refractivity contribution in [2.24, 2.45) is 0 Å². The highest BCUT2D eigenvalue weighted by molar-refractivity contribution is 7.09. The Kier molecular flexibility index (Phi) is 4.99. The van der Waals surface area contributed by atoms with Crippen molar-refractivity contribution < 1.29 is 14.6 Å². The molecule has 1 saturated heterocycles. The Hall–Kier alpha value is -1.76. The predicted molar refractivity (Wildman–Crippen MR) is 93.0 cm³/mol. The summed E-state index contributed by atoms with van der Waals surface area (Å²) in [6.07, 6.45) is 1.08. The second-order valence-corrected chi connectivity index (χ2v) is 7.14. The van der Waals surface area contributed by atoms with Crippen molar-refractivity contribution in [1.82, 2.24) is 9.88 Å². The highest BCUT2D eigenvalue weighted by atomic mass is 32.1. The van der Waals surface area contributed by atoms with Crippen molar-refractivity contribution in [3.8, 4) is 0 Å². The number of aliphatic hydroxyl groups is 1. The fraction of sp³-hybridized carbons (Fsp3) is 0.444. The molecule has 0 radical (unpaired) electrons. The third-order valence-electron chi connectivity index (χ3n) is 4.56. The Labute approximate surface area is 145 Å². The van der Waals surface area contributed by atoms with E-state index >= 15 is 0 Å². The van der Waals surface area contributed by atoms with E-state index in [-0.39, 0.29) is 5.91 Å². The highest BCUT2D eigenvalue weighted by Crippen LogP contribution is 2.35. The summed E-state index contributed by atoms with van der Waals surface area (Å²) >= 11 is 1.43. The van der Waals surface area contributed by atoms with Gasteiger partial charge in [0.1, 0.15) is 10.7 Å². The number of aromatic nitrogens is 1. The minimum Gasteiger partial charge on any atom is -0.385 e. The number of piperidine rings is 1. The Morgan fingerprint density at radius 3 is 2.75 bits per heavy atom. The third kappa shape index (κ3) is 3.36. The van der Waals surface area contributed by atoms with Crippen molar-refractivity contribution in [2.75, 3.05) is 20.2 Å². The molecule has 0 unspecified atom stereocenters. The molecule has 1 amide bonds. The average Bonchev–Trinajstić information content (AvgIpc) is 3.04. The normalized spacial score (nSPS) is 17.0. The molecule has 1 fully saturated rings. The predicted octanol–water partition coefficient (Wildman–Crippen LogP) is 2.72. The summed E-state index contributed by atoms with van der Waals surface area (Å²) in [6, 6.07) is 7.91. The fourth-order valence-electron chi connectivity index (χ4n) is 3.20. The first-order valence-corrected chi connectivity index (χ1v) is 8.92. The Morgan fingerprint density at radius 1 is 1.38 bits per heavy atom. The van der Waals surface area contributed by atoms with Crippen LogP contribution in [0.4, 0.5) is 0 Å². The number of rotatable bonds is 4. The van der Waals surface area contributed by atoms with Crippen molar-refractivity contribution in [3.63, 3.8) is 0 Å². The number of nitrogens with zero attached hydrogens (tertiary/aromatic N) is 2. The zero-order valence-electron chi connectivity index (χ0n) is 14.0. The molecule has 0 bridgehead atoms. The van der Waals surface area contributed by atoms with Crippen LogP contribution in [0.15, 0.2) is 29.6 Å². The molecule has 2 aromatic rings. The molecule has 1 aliphatic rings. The van der Waals surface area contributed by atoms with Gasteiger partial charge in [0.15, 0.2) is 0 Å². The van der Waals surface area contributed by atoms with Crippen LogP contribution in [0, 0.1) is 6.92 Å². The first kappa shape index (κ1) is 17.1. The number of methoxy groups -OCH3 is 1.